The van der Waals surface area contributed by atoms with Gasteiger partial charge in [-0.1, -0.05) is 59.3 Å². The fourth-order valence-corrected chi connectivity index (χ4v) is 3.34. The van der Waals surface area contributed by atoms with E-state index < -0.39 is 5.97 Å². The quantitative estimate of drug-likeness (QED) is 0.467. The lowest BCUT2D eigenvalue weighted by atomic mass is 10.0. The van der Waals surface area contributed by atoms with Gasteiger partial charge in [-0.05, 0) is 30.2 Å². The molecule has 2 aromatic carbocycles. The molecule has 0 bridgehead atoms. The molecule has 0 aliphatic carbocycles. The van der Waals surface area contributed by atoms with E-state index in [1.54, 1.807) is 6.07 Å². The van der Waals surface area contributed by atoms with Crippen molar-refractivity contribution in [3.8, 4) is 22.5 Å². The zero-order valence-corrected chi connectivity index (χ0v) is 16.1. The van der Waals surface area contributed by atoms with Crippen LogP contribution in [0.25, 0.3) is 33.5 Å². The van der Waals surface area contributed by atoms with Crippen molar-refractivity contribution < 1.29 is 9.90 Å². The number of benzene rings is 2. The van der Waals surface area contributed by atoms with Crippen molar-refractivity contribution >= 4 is 32.9 Å². The summed E-state index contributed by atoms with van der Waals surface area (Å²) in [5.74, 6) is -1.01. The first-order valence-electron chi connectivity index (χ1n) is 8.54. The van der Waals surface area contributed by atoms with Gasteiger partial charge in [0.15, 0.2) is 5.65 Å². The number of aromatic nitrogens is 3. The lowest BCUT2D eigenvalue weighted by Crippen LogP contribution is -2.00. The number of pyridine rings is 1. The van der Waals surface area contributed by atoms with Crippen molar-refractivity contribution in [2.24, 2.45) is 0 Å². The molecule has 4 rings (SSSR count). The number of carboxylic acid groups (broad SMARTS) is 1. The largest absolute Gasteiger partial charge is 0.478 e. The molecule has 134 valence electrons. The normalized spacial score (nSPS) is 11.0. The highest BCUT2D eigenvalue weighted by Gasteiger charge is 2.19. The van der Waals surface area contributed by atoms with Gasteiger partial charge < -0.3 is 5.11 Å². The molecule has 0 unspecified atom stereocenters. The van der Waals surface area contributed by atoms with Gasteiger partial charge in [0, 0.05) is 15.6 Å². The summed E-state index contributed by atoms with van der Waals surface area (Å²) in [5.41, 5.74) is 4.75. The third kappa shape index (κ3) is 3.24. The Balaban J connectivity index is 1.91. The van der Waals surface area contributed by atoms with Crippen LogP contribution in [-0.2, 0) is 6.42 Å². The molecule has 5 nitrogen and oxygen atoms in total. The molecule has 2 aromatic heterocycles. The van der Waals surface area contributed by atoms with Gasteiger partial charge in [0.05, 0.1) is 22.3 Å². The number of aromatic carboxylic acids is 1. The molecular weight excluding hydrogens is 406 g/mol. The van der Waals surface area contributed by atoms with Crippen LogP contribution in [0, 0.1) is 0 Å². The number of hydrogen-bond acceptors (Lipinski definition) is 3. The van der Waals surface area contributed by atoms with Gasteiger partial charge in [0.2, 0.25) is 0 Å². The molecule has 27 heavy (non-hydrogen) atoms. The number of carbonyl (C=O) groups is 1. The zero-order valence-electron chi connectivity index (χ0n) is 14.5. The summed E-state index contributed by atoms with van der Waals surface area (Å²) in [7, 11) is 0. The fraction of sp³-hybridized carbons (Fsp3) is 0.0952. The van der Waals surface area contributed by atoms with E-state index in [4.69, 9.17) is 0 Å². The van der Waals surface area contributed by atoms with Crippen molar-refractivity contribution in [3.63, 3.8) is 0 Å². The number of hydrogen-bond donors (Lipinski definition) is 2. The van der Waals surface area contributed by atoms with Crippen LogP contribution >= 0.6 is 15.9 Å². The van der Waals surface area contributed by atoms with Gasteiger partial charge in [0.1, 0.15) is 0 Å². The summed E-state index contributed by atoms with van der Waals surface area (Å²) in [6.45, 7) is 2.09. The SMILES string of the molecule is CCc1ccc(-c2[nH]nc3nc(-c4ccc(Br)cc4)cc(C(=O)O)c23)cc1. The van der Waals surface area contributed by atoms with Crippen LogP contribution in [-0.4, -0.2) is 26.3 Å². The van der Waals surface area contributed by atoms with Gasteiger partial charge in [0.25, 0.3) is 0 Å². The number of rotatable bonds is 4. The van der Waals surface area contributed by atoms with Crippen molar-refractivity contribution in [2.45, 2.75) is 13.3 Å². The number of aromatic amines is 1. The van der Waals surface area contributed by atoms with Gasteiger partial charge in [-0.3, -0.25) is 5.10 Å². The lowest BCUT2D eigenvalue weighted by molar-refractivity contribution is 0.0699. The van der Waals surface area contributed by atoms with Crippen LogP contribution in [0.1, 0.15) is 22.8 Å². The zero-order chi connectivity index (χ0) is 19.0. The summed E-state index contributed by atoms with van der Waals surface area (Å²) >= 11 is 3.40. The first-order chi connectivity index (χ1) is 13.1. The number of halogens is 1. The number of aryl methyl sites for hydroxylation is 1. The topological polar surface area (TPSA) is 78.9 Å². The van der Waals surface area contributed by atoms with Gasteiger partial charge in [-0.25, -0.2) is 9.78 Å². The van der Waals surface area contributed by atoms with E-state index in [9.17, 15) is 9.90 Å². The van der Waals surface area contributed by atoms with Crippen molar-refractivity contribution in [3.05, 3.63) is 70.2 Å². The molecular formula is C21H16BrN3O2. The highest BCUT2D eigenvalue weighted by molar-refractivity contribution is 9.10. The highest BCUT2D eigenvalue weighted by Crippen LogP contribution is 2.32. The van der Waals surface area contributed by atoms with E-state index in [2.05, 4.69) is 38.0 Å². The number of nitrogens with one attached hydrogen (secondary N) is 1. The maximum atomic E-state index is 12.0. The number of carboxylic acids is 1. The standard InChI is InChI=1S/C21H16BrN3O2/c1-2-12-3-5-14(6-4-12)19-18-16(21(26)27)11-17(23-20(18)25-24-19)13-7-9-15(22)10-8-13/h3-11H,2H2,1H3,(H,26,27)(H,23,24,25). The molecule has 0 spiro atoms. The average Bonchev–Trinajstić information content (AvgIpc) is 3.11. The minimum atomic E-state index is -1.01. The second-order valence-electron chi connectivity index (χ2n) is 6.21. The molecule has 0 aliphatic rings. The maximum absolute atomic E-state index is 12.0. The lowest BCUT2D eigenvalue weighted by Gasteiger charge is -2.06. The average molecular weight is 422 g/mol. The van der Waals surface area contributed by atoms with Gasteiger partial charge >= 0.3 is 5.97 Å². The van der Waals surface area contributed by atoms with E-state index in [1.165, 1.54) is 5.56 Å². The first kappa shape index (κ1) is 17.4. The fourth-order valence-electron chi connectivity index (χ4n) is 3.08. The third-order valence-electron chi connectivity index (χ3n) is 4.55. The molecule has 2 heterocycles. The number of H-pyrrole nitrogens is 1. The molecule has 2 N–H and O–H groups in total. The Hall–Kier alpha value is -2.99. The van der Waals surface area contributed by atoms with Crippen LogP contribution in [0.5, 0.6) is 0 Å². The van der Waals surface area contributed by atoms with Gasteiger partial charge in [-0.15, -0.1) is 0 Å². The van der Waals surface area contributed by atoms with Crippen LogP contribution in [0.3, 0.4) is 0 Å². The van der Waals surface area contributed by atoms with E-state index in [1.807, 2.05) is 48.5 Å². The first-order valence-corrected chi connectivity index (χ1v) is 9.33. The Morgan fingerprint density at radius 2 is 1.74 bits per heavy atom. The third-order valence-corrected chi connectivity index (χ3v) is 5.07. The Kier molecular flexibility index (Phi) is 4.49. The molecule has 0 radical (unpaired) electrons. The highest BCUT2D eigenvalue weighted by atomic mass is 79.9. The Morgan fingerprint density at radius 3 is 2.37 bits per heavy atom. The Labute approximate surface area is 164 Å². The minimum absolute atomic E-state index is 0.182. The molecule has 6 heteroatoms. The summed E-state index contributed by atoms with van der Waals surface area (Å²) in [6.07, 6.45) is 0.947. The number of fused-ring (bicyclic) bond motifs is 1. The summed E-state index contributed by atoms with van der Waals surface area (Å²) in [4.78, 5) is 16.5. The number of nitrogens with zero attached hydrogens (tertiary/aromatic N) is 2. The van der Waals surface area contributed by atoms with E-state index >= 15 is 0 Å². The second kappa shape index (κ2) is 6.96. The van der Waals surface area contributed by atoms with Crippen LogP contribution < -0.4 is 0 Å². The van der Waals surface area contributed by atoms with Crippen molar-refractivity contribution in [1.82, 2.24) is 15.2 Å². The maximum Gasteiger partial charge on any atom is 0.336 e. The summed E-state index contributed by atoms with van der Waals surface area (Å²) in [5, 5.41) is 17.6. The van der Waals surface area contributed by atoms with Gasteiger partial charge in [-0.2, -0.15) is 5.10 Å². The monoisotopic (exact) mass is 421 g/mol. The van der Waals surface area contributed by atoms with E-state index in [0.29, 0.717) is 22.4 Å². The molecule has 0 atom stereocenters. The Bertz CT molecular complexity index is 1130. The molecule has 0 aliphatic heterocycles. The summed E-state index contributed by atoms with van der Waals surface area (Å²) in [6, 6.07) is 17.2. The van der Waals surface area contributed by atoms with Crippen LogP contribution in [0.15, 0.2) is 59.1 Å². The molecule has 4 aromatic rings. The van der Waals surface area contributed by atoms with Crippen molar-refractivity contribution in [1.29, 1.82) is 0 Å². The van der Waals surface area contributed by atoms with E-state index in [-0.39, 0.29) is 5.56 Å². The smallest absolute Gasteiger partial charge is 0.336 e. The molecule has 0 saturated carbocycles. The second-order valence-corrected chi connectivity index (χ2v) is 7.13. The van der Waals surface area contributed by atoms with Crippen LogP contribution in [0.2, 0.25) is 0 Å². The Morgan fingerprint density at radius 1 is 1.07 bits per heavy atom. The summed E-state index contributed by atoms with van der Waals surface area (Å²) < 4.78 is 0.948. The van der Waals surface area contributed by atoms with Crippen LogP contribution in [0.4, 0.5) is 0 Å². The minimum Gasteiger partial charge on any atom is -0.478 e. The van der Waals surface area contributed by atoms with E-state index in [0.717, 1.165) is 22.0 Å². The molecule has 0 saturated heterocycles. The molecule has 0 amide bonds. The van der Waals surface area contributed by atoms with Crippen molar-refractivity contribution in [2.75, 3.05) is 0 Å². The predicted octanol–water partition coefficient (Wildman–Crippen LogP) is 5.32. The predicted molar refractivity (Wildman–Crippen MR) is 109 cm³/mol. The molecule has 0 fully saturated rings.